The molecule has 1 aliphatic heterocycles. The Labute approximate surface area is 118 Å². The summed E-state index contributed by atoms with van der Waals surface area (Å²) in [5, 5.41) is 0.143. The number of hydrogen-bond donors (Lipinski definition) is 0. The number of rotatable bonds is 3. The summed E-state index contributed by atoms with van der Waals surface area (Å²) in [5.74, 6) is 0.534. The van der Waals surface area contributed by atoms with E-state index in [1.165, 1.54) is 0 Å². The molecule has 6 nitrogen and oxygen atoms in total. The second kappa shape index (κ2) is 5.46. The van der Waals surface area contributed by atoms with Gasteiger partial charge in [0.1, 0.15) is 0 Å². The standard InChI is InChI=1S/C12H19ClN4O2/c1-8(2)19-11-15-9(13)14-10(16-11)17-5-6-18-12(3,4)7-17/h8H,5-7H2,1-4H3. The molecule has 106 valence electrons. The van der Waals surface area contributed by atoms with Crippen LogP contribution in [0.25, 0.3) is 0 Å². The molecule has 19 heavy (non-hydrogen) atoms. The zero-order valence-corrected chi connectivity index (χ0v) is 12.4. The maximum absolute atomic E-state index is 5.92. The number of aromatic nitrogens is 3. The van der Waals surface area contributed by atoms with E-state index in [-0.39, 0.29) is 23.0 Å². The third kappa shape index (κ3) is 3.91. The molecule has 0 radical (unpaired) electrons. The van der Waals surface area contributed by atoms with E-state index in [1.54, 1.807) is 0 Å². The van der Waals surface area contributed by atoms with Gasteiger partial charge in [0.2, 0.25) is 11.2 Å². The number of anilines is 1. The van der Waals surface area contributed by atoms with Crippen LogP contribution in [0.15, 0.2) is 0 Å². The molecule has 0 unspecified atom stereocenters. The van der Waals surface area contributed by atoms with Crippen molar-refractivity contribution in [3.63, 3.8) is 0 Å². The van der Waals surface area contributed by atoms with Crippen molar-refractivity contribution in [1.82, 2.24) is 15.0 Å². The topological polar surface area (TPSA) is 60.4 Å². The highest BCUT2D eigenvalue weighted by Gasteiger charge is 2.29. The monoisotopic (exact) mass is 286 g/mol. The van der Waals surface area contributed by atoms with Gasteiger partial charge in [-0.3, -0.25) is 0 Å². The van der Waals surface area contributed by atoms with Crippen molar-refractivity contribution in [2.75, 3.05) is 24.6 Å². The summed E-state index contributed by atoms with van der Waals surface area (Å²) < 4.78 is 11.1. The fraction of sp³-hybridized carbons (Fsp3) is 0.750. The van der Waals surface area contributed by atoms with Crippen LogP contribution in [-0.2, 0) is 4.74 Å². The lowest BCUT2D eigenvalue weighted by Crippen LogP contribution is -2.49. The van der Waals surface area contributed by atoms with Gasteiger partial charge in [-0.1, -0.05) is 0 Å². The van der Waals surface area contributed by atoms with Crippen LogP contribution >= 0.6 is 11.6 Å². The predicted octanol–water partition coefficient (Wildman–Crippen LogP) is 1.93. The summed E-state index contributed by atoms with van der Waals surface area (Å²) in [5.41, 5.74) is -0.226. The van der Waals surface area contributed by atoms with Gasteiger partial charge in [0.25, 0.3) is 0 Å². The van der Waals surface area contributed by atoms with E-state index in [0.29, 0.717) is 19.1 Å². The minimum atomic E-state index is -0.226. The molecule has 2 rings (SSSR count). The summed E-state index contributed by atoms with van der Waals surface area (Å²) in [6.07, 6.45) is -0.00699. The van der Waals surface area contributed by atoms with Crippen LogP contribution in [0.3, 0.4) is 0 Å². The molecule has 0 amide bonds. The van der Waals surface area contributed by atoms with Crippen LogP contribution in [0.5, 0.6) is 6.01 Å². The minimum Gasteiger partial charge on any atom is -0.461 e. The van der Waals surface area contributed by atoms with Crippen LogP contribution in [0.1, 0.15) is 27.7 Å². The normalized spacial score (nSPS) is 18.7. The van der Waals surface area contributed by atoms with Gasteiger partial charge >= 0.3 is 6.01 Å². The van der Waals surface area contributed by atoms with Gasteiger partial charge in [-0.2, -0.15) is 15.0 Å². The SMILES string of the molecule is CC(C)Oc1nc(Cl)nc(N2CCOC(C)(C)C2)n1. The fourth-order valence-electron chi connectivity index (χ4n) is 1.91. The van der Waals surface area contributed by atoms with Crippen molar-refractivity contribution in [3.05, 3.63) is 5.28 Å². The lowest BCUT2D eigenvalue weighted by molar-refractivity contribution is -0.0282. The van der Waals surface area contributed by atoms with Crippen molar-refractivity contribution < 1.29 is 9.47 Å². The summed E-state index contributed by atoms with van der Waals surface area (Å²) in [4.78, 5) is 14.5. The zero-order valence-electron chi connectivity index (χ0n) is 11.7. The first kappa shape index (κ1) is 14.3. The Bertz CT molecular complexity index is 453. The van der Waals surface area contributed by atoms with Crippen LogP contribution in [-0.4, -0.2) is 46.4 Å². The van der Waals surface area contributed by atoms with Crippen LogP contribution in [0, 0.1) is 0 Å². The average Bonchev–Trinajstić information content (AvgIpc) is 2.25. The number of ether oxygens (including phenoxy) is 2. The predicted molar refractivity (Wildman–Crippen MR) is 72.8 cm³/mol. The van der Waals surface area contributed by atoms with E-state index in [2.05, 4.69) is 15.0 Å². The molecule has 0 bridgehead atoms. The second-order valence-corrected chi connectivity index (χ2v) is 5.72. The first-order valence-electron chi connectivity index (χ1n) is 6.33. The lowest BCUT2D eigenvalue weighted by atomic mass is 10.1. The Kier molecular flexibility index (Phi) is 4.10. The van der Waals surface area contributed by atoms with Crippen LogP contribution in [0.2, 0.25) is 5.28 Å². The maximum atomic E-state index is 5.92. The van der Waals surface area contributed by atoms with Gasteiger partial charge in [-0.25, -0.2) is 0 Å². The molecule has 2 heterocycles. The molecule has 1 saturated heterocycles. The lowest BCUT2D eigenvalue weighted by Gasteiger charge is -2.38. The first-order valence-corrected chi connectivity index (χ1v) is 6.71. The molecule has 0 atom stereocenters. The Hall–Kier alpha value is -1.14. The number of hydrogen-bond acceptors (Lipinski definition) is 6. The highest BCUT2D eigenvalue weighted by atomic mass is 35.5. The van der Waals surface area contributed by atoms with Crippen LogP contribution < -0.4 is 9.64 Å². The molecule has 0 saturated carbocycles. The first-order chi connectivity index (χ1) is 8.85. The maximum Gasteiger partial charge on any atom is 0.322 e. The third-order valence-corrected chi connectivity index (χ3v) is 2.79. The van der Waals surface area contributed by atoms with Gasteiger partial charge < -0.3 is 14.4 Å². The summed E-state index contributed by atoms with van der Waals surface area (Å²) in [6, 6.07) is 0.259. The molecule has 0 N–H and O–H groups in total. The van der Waals surface area contributed by atoms with E-state index >= 15 is 0 Å². The third-order valence-electron chi connectivity index (χ3n) is 2.63. The van der Waals surface area contributed by atoms with Gasteiger partial charge in [0.05, 0.1) is 18.3 Å². The highest BCUT2D eigenvalue weighted by Crippen LogP contribution is 2.22. The van der Waals surface area contributed by atoms with E-state index in [0.717, 1.165) is 6.54 Å². The Morgan fingerprint density at radius 3 is 2.68 bits per heavy atom. The molecule has 1 aromatic rings. The van der Waals surface area contributed by atoms with Crippen molar-refractivity contribution in [1.29, 1.82) is 0 Å². The summed E-state index contributed by atoms with van der Waals surface area (Å²) in [7, 11) is 0. The molecule has 1 aliphatic rings. The van der Waals surface area contributed by atoms with Crippen molar-refractivity contribution >= 4 is 17.5 Å². The average molecular weight is 287 g/mol. The van der Waals surface area contributed by atoms with E-state index in [4.69, 9.17) is 21.1 Å². The van der Waals surface area contributed by atoms with Crippen molar-refractivity contribution in [2.24, 2.45) is 0 Å². The highest BCUT2D eigenvalue weighted by molar-refractivity contribution is 6.28. The molecule has 7 heteroatoms. The molecular weight excluding hydrogens is 268 g/mol. The van der Waals surface area contributed by atoms with Gasteiger partial charge in [0.15, 0.2) is 0 Å². The Balaban J connectivity index is 2.21. The van der Waals surface area contributed by atoms with Gasteiger partial charge in [0, 0.05) is 13.1 Å². The smallest absolute Gasteiger partial charge is 0.322 e. The summed E-state index contributed by atoms with van der Waals surface area (Å²) in [6.45, 7) is 9.96. The Morgan fingerprint density at radius 2 is 2.05 bits per heavy atom. The van der Waals surface area contributed by atoms with Crippen LogP contribution in [0.4, 0.5) is 5.95 Å². The van der Waals surface area contributed by atoms with Crippen molar-refractivity contribution in [3.8, 4) is 6.01 Å². The van der Waals surface area contributed by atoms with E-state index in [1.807, 2.05) is 32.6 Å². The molecular formula is C12H19ClN4O2. The molecule has 1 fully saturated rings. The molecule has 0 aromatic carbocycles. The number of halogens is 1. The largest absolute Gasteiger partial charge is 0.461 e. The molecule has 0 aliphatic carbocycles. The summed E-state index contributed by atoms with van der Waals surface area (Å²) >= 11 is 5.92. The number of morpholine rings is 1. The van der Waals surface area contributed by atoms with Gasteiger partial charge in [-0.05, 0) is 39.3 Å². The second-order valence-electron chi connectivity index (χ2n) is 5.38. The Morgan fingerprint density at radius 1 is 1.32 bits per heavy atom. The van der Waals surface area contributed by atoms with E-state index < -0.39 is 0 Å². The molecule has 0 spiro atoms. The molecule has 1 aromatic heterocycles. The minimum absolute atomic E-state index is 0.00699. The van der Waals surface area contributed by atoms with Crippen molar-refractivity contribution in [2.45, 2.75) is 39.4 Å². The van der Waals surface area contributed by atoms with Gasteiger partial charge in [-0.15, -0.1) is 0 Å². The number of nitrogens with zero attached hydrogens (tertiary/aromatic N) is 4. The zero-order chi connectivity index (χ0) is 14.0. The quantitative estimate of drug-likeness (QED) is 0.846. The van der Waals surface area contributed by atoms with E-state index in [9.17, 15) is 0 Å². The fourth-order valence-corrected chi connectivity index (χ4v) is 2.06.